The zero-order chi connectivity index (χ0) is 26.4. The molecular weight excluding hydrogens is 525 g/mol. The molecule has 36 heavy (non-hydrogen) atoms. The molecule has 3 heterocycles. The smallest absolute Gasteiger partial charge is 0.333 e. The number of rotatable bonds is 5. The number of likely N-dealkylation sites (N-methyl/N-ethyl adjacent to an activating group) is 1. The molecule has 0 bridgehead atoms. The molecule has 1 aromatic carbocycles. The van der Waals surface area contributed by atoms with E-state index in [1.807, 2.05) is 13.0 Å². The van der Waals surface area contributed by atoms with E-state index in [0.717, 1.165) is 31.5 Å². The molecule has 2 N–H and O–H groups in total. The van der Waals surface area contributed by atoms with Crippen molar-refractivity contribution in [1.29, 1.82) is 0 Å². The van der Waals surface area contributed by atoms with Crippen molar-refractivity contribution in [2.45, 2.75) is 50.9 Å². The molecule has 0 spiro atoms. The number of hydrazone groups is 1. The number of amides is 2. The fourth-order valence-electron chi connectivity index (χ4n) is 4.00. The van der Waals surface area contributed by atoms with Crippen LogP contribution in [0.1, 0.15) is 51.1 Å². The molecule has 2 amide bonds. The topological polar surface area (TPSA) is 109 Å². The van der Waals surface area contributed by atoms with Gasteiger partial charge in [-0.2, -0.15) is 5.10 Å². The minimum absolute atomic E-state index is 0.0578. The zero-order valence-electron chi connectivity index (χ0n) is 20.6. The third-order valence-corrected chi connectivity index (χ3v) is 8.07. The normalized spacial score (nSPS) is 22.4. The largest absolute Gasteiger partial charge is 0.463 e. The summed E-state index contributed by atoms with van der Waals surface area (Å²) < 4.78 is 4.89. The molecule has 0 saturated carbocycles. The highest BCUT2D eigenvalue weighted by Crippen LogP contribution is 2.37. The molecule has 12 heteroatoms. The summed E-state index contributed by atoms with van der Waals surface area (Å²) in [6.45, 7) is 5.90. The van der Waals surface area contributed by atoms with Gasteiger partial charge in [-0.15, -0.1) is 0 Å². The number of nitrogens with two attached hydrogens (primary N) is 1. The first-order valence-corrected chi connectivity index (χ1v) is 13.4. The van der Waals surface area contributed by atoms with Gasteiger partial charge in [-0.05, 0) is 57.5 Å². The molecule has 2 fully saturated rings. The van der Waals surface area contributed by atoms with Crippen molar-refractivity contribution in [3.8, 4) is 0 Å². The average molecular weight is 557 g/mol. The summed E-state index contributed by atoms with van der Waals surface area (Å²) in [6, 6.07) is 5.03. The number of benzene rings is 1. The molecule has 3 aliphatic heterocycles. The van der Waals surface area contributed by atoms with Crippen LogP contribution in [0, 0.1) is 0 Å². The molecule has 2 saturated heterocycles. The molecule has 4 rings (SSSR count). The van der Waals surface area contributed by atoms with Crippen LogP contribution in [-0.4, -0.2) is 70.5 Å². The third-order valence-electron chi connectivity index (χ3n) is 5.97. The van der Waals surface area contributed by atoms with Gasteiger partial charge >= 0.3 is 5.97 Å². The highest BCUT2D eigenvalue weighted by atomic mass is 35.5. The number of nitrogens with zero attached hydrogens (tertiary/aromatic N) is 4. The summed E-state index contributed by atoms with van der Waals surface area (Å²) in [4.78, 5) is 39.1. The van der Waals surface area contributed by atoms with Crippen molar-refractivity contribution < 1.29 is 19.1 Å². The molecule has 2 atom stereocenters. The lowest BCUT2D eigenvalue weighted by Crippen LogP contribution is -2.42. The van der Waals surface area contributed by atoms with E-state index in [0.29, 0.717) is 27.5 Å². The molecule has 1 aromatic rings. The van der Waals surface area contributed by atoms with Gasteiger partial charge in [-0.3, -0.25) is 14.5 Å². The van der Waals surface area contributed by atoms with Crippen LogP contribution < -0.4 is 5.73 Å². The van der Waals surface area contributed by atoms with Crippen molar-refractivity contribution in [3.05, 3.63) is 44.9 Å². The molecule has 9 nitrogen and oxygen atoms in total. The Balaban J connectivity index is 0.000000202. The monoisotopic (exact) mass is 555 g/mol. The van der Waals surface area contributed by atoms with Crippen LogP contribution in [0.5, 0.6) is 0 Å². The maximum absolute atomic E-state index is 12.2. The number of thioether (sulfide) groups is 1. The van der Waals surface area contributed by atoms with E-state index in [9.17, 15) is 14.4 Å². The fourth-order valence-corrected chi connectivity index (χ4v) is 5.57. The second-order valence-corrected chi connectivity index (χ2v) is 10.5. The number of esters is 1. The molecule has 3 aliphatic rings. The summed E-state index contributed by atoms with van der Waals surface area (Å²) in [6.07, 6.45) is 5.11. The summed E-state index contributed by atoms with van der Waals surface area (Å²) in [5, 5.41) is 6.82. The quantitative estimate of drug-likeness (QED) is 0.432. The summed E-state index contributed by atoms with van der Waals surface area (Å²) in [5.74, 6) is -0.102. The number of amidine groups is 1. The van der Waals surface area contributed by atoms with Crippen LogP contribution in [0.3, 0.4) is 0 Å². The van der Waals surface area contributed by atoms with Crippen molar-refractivity contribution in [3.63, 3.8) is 0 Å². The van der Waals surface area contributed by atoms with Crippen LogP contribution in [0.25, 0.3) is 0 Å². The lowest BCUT2D eigenvalue weighted by molar-refractivity contribution is -0.137. The van der Waals surface area contributed by atoms with Gasteiger partial charge in [-0.25, -0.2) is 9.80 Å². The van der Waals surface area contributed by atoms with E-state index < -0.39 is 0 Å². The molecule has 196 valence electrons. The van der Waals surface area contributed by atoms with E-state index >= 15 is 0 Å². The maximum Gasteiger partial charge on any atom is 0.333 e. The first-order chi connectivity index (χ1) is 17.1. The van der Waals surface area contributed by atoms with E-state index in [-0.39, 0.29) is 35.6 Å². The molecule has 0 radical (unpaired) electrons. The van der Waals surface area contributed by atoms with Gasteiger partial charge in [0.25, 0.3) is 11.8 Å². The number of halogens is 2. The zero-order valence-corrected chi connectivity index (χ0v) is 22.9. The third kappa shape index (κ3) is 6.94. The van der Waals surface area contributed by atoms with Crippen molar-refractivity contribution in [2.75, 3.05) is 26.7 Å². The fraction of sp³-hybridized carbons (Fsp3) is 0.500. The Hall–Kier alpha value is -2.27. The van der Waals surface area contributed by atoms with Crippen LogP contribution in [0.2, 0.25) is 10.0 Å². The van der Waals surface area contributed by atoms with Gasteiger partial charge in [-0.1, -0.05) is 47.5 Å². The second kappa shape index (κ2) is 12.8. The Morgan fingerprint density at radius 2 is 1.94 bits per heavy atom. The van der Waals surface area contributed by atoms with Crippen molar-refractivity contribution in [1.82, 2.24) is 14.8 Å². The highest BCUT2D eigenvalue weighted by molar-refractivity contribution is 8.04. The lowest BCUT2D eigenvalue weighted by Gasteiger charge is -2.29. The van der Waals surface area contributed by atoms with Crippen LogP contribution in [0.4, 0.5) is 0 Å². The summed E-state index contributed by atoms with van der Waals surface area (Å²) in [5.41, 5.74) is 6.39. The first-order valence-electron chi connectivity index (χ1n) is 11.8. The van der Waals surface area contributed by atoms with Crippen LogP contribution >= 0.6 is 35.0 Å². The molecular formula is C24H31Cl2N5O4S. The summed E-state index contributed by atoms with van der Waals surface area (Å²) in [7, 11) is 1.71. The van der Waals surface area contributed by atoms with E-state index in [2.05, 4.69) is 10.0 Å². The van der Waals surface area contributed by atoms with E-state index in [1.165, 1.54) is 29.3 Å². The number of likely N-dealkylation sites (tertiary alicyclic amines) is 1. The first kappa shape index (κ1) is 28.3. The van der Waals surface area contributed by atoms with Crippen LogP contribution in [0.15, 0.2) is 34.4 Å². The Morgan fingerprint density at radius 1 is 1.25 bits per heavy atom. The molecule has 0 aromatic heterocycles. The minimum atomic E-state index is -0.385. The predicted molar refractivity (Wildman–Crippen MR) is 142 cm³/mol. The number of hydrogen-bond donors (Lipinski definition) is 1. The average Bonchev–Trinajstić information content (AvgIpc) is 3.34. The van der Waals surface area contributed by atoms with Gasteiger partial charge in [0.05, 0.1) is 40.2 Å². The van der Waals surface area contributed by atoms with Gasteiger partial charge < -0.3 is 15.4 Å². The molecule has 0 aliphatic carbocycles. The summed E-state index contributed by atoms with van der Waals surface area (Å²) >= 11 is 13.2. The Kier molecular flexibility index (Phi) is 10.1. The number of carbonyl (C=O) groups is 3. The SMILES string of the molecule is CC(c1ccc(Cl)c(Cl)c1)N1N=C(N)CC1=O.CCOC(=O)/C=C1\SC(N2CCCCC2)C(=O)N1C. The highest BCUT2D eigenvalue weighted by Gasteiger charge is 2.39. The molecule has 2 unspecified atom stereocenters. The van der Waals surface area contributed by atoms with Crippen molar-refractivity contribution >= 4 is 58.6 Å². The minimum Gasteiger partial charge on any atom is -0.463 e. The van der Waals surface area contributed by atoms with E-state index in [1.54, 1.807) is 31.0 Å². The van der Waals surface area contributed by atoms with Gasteiger partial charge in [0, 0.05) is 7.05 Å². The Morgan fingerprint density at radius 3 is 2.53 bits per heavy atom. The standard InChI is InChI=1S/C13H20N2O3S.C11H11Cl2N3O/c1-3-18-11(16)9-10-14(2)12(17)13(19-10)15-7-5-4-6-8-15;1-6(16-11(17)5-10(14)15-16)7-2-3-8(12)9(13)4-7/h9,13H,3-8H2,1-2H3;2-4,6H,5H2,1H3,(H2,14,15)/b10-9-;. The number of piperidine rings is 1. The second-order valence-electron chi connectivity index (χ2n) is 8.55. The predicted octanol–water partition coefficient (Wildman–Crippen LogP) is 3.97. The number of carbonyl (C=O) groups excluding carboxylic acids is 3. The maximum atomic E-state index is 12.2. The van der Waals surface area contributed by atoms with E-state index in [4.69, 9.17) is 33.7 Å². The van der Waals surface area contributed by atoms with Gasteiger partial charge in [0.15, 0.2) is 0 Å². The van der Waals surface area contributed by atoms with Gasteiger partial charge in [0.1, 0.15) is 11.2 Å². The Labute approximate surface area is 225 Å². The number of ether oxygens (including phenoxy) is 1. The lowest BCUT2D eigenvalue weighted by atomic mass is 10.1. The van der Waals surface area contributed by atoms with Gasteiger partial charge in [0.2, 0.25) is 0 Å². The number of hydrogen-bond acceptors (Lipinski definition) is 8. The Bertz CT molecular complexity index is 1060. The van der Waals surface area contributed by atoms with Crippen molar-refractivity contribution in [2.24, 2.45) is 10.8 Å². The van der Waals surface area contributed by atoms with Crippen LogP contribution in [-0.2, 0) is 19.1 Å².